The standard InChI is InChI=1S/C21H17Cl3N2O2/c1-27-21-9-14(12-25-26-16-5-3-2-4-6-16)7-8-20(21)28-13-17-18(23)10-15(22)11-19(17)24/h2-12,26H,13H2,1H3. The molecule has 0 atom stereocenters. The first-order valence-electron chi connectivity index (χ1n) is 8.35. The number of nitrogens with one attached hydrogen (secondary N) is 1. The van der Waals surface area contributed by atoms with Gasteiger partial charge in [0, 0.05) is 10.6 Å². The minimum Gasteiger partial charge on any atom is -0.493 e. The molecule has 0 amide bonds. The maximum Gasteiger partial charge on any atom is 0.161 e. The minimum atomic E-state index is 0.189. The van der Waals surface area contributed by atoms with E-state index >= 15 is 0 Å². The minimum absolute atomic E-state index is 0.189. The Labute approximate surface area is 178 Å². The molecule has 0 heterocycles. The van der Waals surface area contributed by atoms with Crippen LogP contribution >= 0.6 is 34.8 Å². The Bertz CT molecular complexity index is 956. The van der Waals surface area contributed by atoms with Gasteiger partial charge in [-0.15, -0.1) is 0 Å². The molecule has 1 N–H and O–H groups in total. The number of nitrogens with zero attached hydrogens (tertiary/aromatic N) is 1. The van der Waals surface area contributed by atoms with Gasteiger partial charge < -0.3 is 9.47 Å². The van der Waals surface area contributed by atoms with E-state index in [9.17, 15) is 0 Å². The van der Waals surface area contributed by atoms with Crippen molar-refractivity contribution < 1.29 is 9.47 Å². The lowest BCUT2D eigenvalue weighted by Gasteiger charge is -2.13. The Balaban J connectivity index is 1.69. The second-order valence-electron chi connectivity index (χ2n) is 5.78. The van der Waals surface area contributed by atoms with Gasteiger partial charge in [0.05, 0.1) is 29.1 Å². The van der Waals surface area contributed by atoms with E-state index in [-0.39, 0.29) is 6.61 Å². The van der Waals surface area contributed by atoms with Crippen molar-refractivity contribution in [1.82, 2.24) is 0 Å². The third-order valence-electron chi connectivity index (χ3n) is 3.85. The summed E-state index contributed by atoms with van der Waals surface area (Å²) in [6.45, 7) is 0.189. The maximum absolute atomic E-state index is 6.20. The predicted molar refractivity (Wildman–Crippen MR) is 116 cm³/mol. The summed E-state index contributed by atoms with van der Waals surface area (Å²) < 4.78 is 11.3. The van der Waals surface area contributed by atoms with Crippen LogP contribution in [0.1, 0.15) is 11.1 Å². The van der Waals surface area contributed by atoms with Gasteiger partial charge >= 0.3 is 0 Å². The van der Waals surface area contributed by atoms with E-state index in [4.69, 9.17) is 44.3 Å². The second kappa shape index (κ2) is 9.69. The summed E-state index contributed by atoms with van der Waals surface area (Å²) in [7, 11) is 1.58. The Hall–Kier alpha value is -2.40. The lowest BCUT2D eigenvalue weighted by Crippen LogP contribution is -2.00. The molecule has 0 saturated carbocycles. The number of hydrazone groups is 1. The highest BCUT2D eigenvalue weighted by Gasteiger charge is 2.11. The van der Waals surface area contributed by atoms with Crippen molar-refractivity contribution in [2.24, 2.45) is 5.10 Å². The second-order valence-corrected chi connectivity index (χ2v) is 7.03. The summed E-state index contributed by atoms with van der Waals surface area (Å²) >= 11 is 18.3. The number of methoxy groups -OCH3 is 1. The average molecular weight is 436 g/mol. The fraction of sp³-hybridized carbons (Fsp3) is 0.0952. The van der Waals surface area contributed by atoms with E-state index in [1.54, 1.807) is 31.5 Å². The Kier molecular flexibility index (Phi) is 7.04. The number of ether oxygens (including phenoxy) is 2. The predicted octanol–water partition coefficient (Wildman–Crippen LogP) is 6.68. The molecule has 0 bridgehead atoms. The van der Waals surface area contributed by atoms with Gasteiger partial charge in [0.1, 0.15) is 6.61 Å². The van der Waals surface area contributed by atoms with Crippen LogP contribution in [0.3, 0.4) is 0 Å². The van der Waals surface area contributed by atoms with Crippen LogP contribution < -0.4 is 14.9 Å². The summed E-state index contributed by atoms with van der Waals surface area (Å²) in [4.78, 5) is 0. The van der Waals surface area contributed by atoms with Gasteiger partial charge in [-0.05, 0) is 48.0 Å². The van der Waals surface area contributed by atoms with Crippen LogP contribution in [-0.4, -0.2) is 13.3 Å². The molecule has 4 nitrogen and oxygen atoms in total. The van der Waals surface area contributed by atoms with E-state index in [1.807, 2.05) is 42.5 Å². The van der Waals surface area contributed by atoms with Gasteiger partial charge in [0.15, 0.2) is 11.5 Å². The Morgan fingerprint density at radius 2 is 1.64 bits per heavy atom. The van der Waals surface area contributed by atoms with E-state index in [2.05, 4.69) is 10.5 Å². The number of rotatable bonds is 7. The van der Waals surface area contributed by atoms with Crippen molar-refractivity contribution in [2.45, 2.75) is 6.61 Å². The van der Waals surface area contributed by atoms with Crippen LogP contribution in [0, 0.1) is 0 Å². The van der Waals surface area contributed by atoms with E-state index in [0.717, 1.165) is 11.3 Å². The zero-order valence-corrected chi connectivity index (χ0v) is 17.2. The third kappa shape index (κ3) is 5.32. The molecular weight excluding hydrogens is 419 g/mol. The highest BCUT2D eigenvalue weighted by molar-refractivity contribution is 6.39. The molecule has 0 spiro atoms. The normalized spacial score (nSPS) is 10.9. The maximum atomic E-state index is 6.20. The van der Waals surface area contributed by atoms with Crippen molar-refractivity contribution >= 4 is 46.7 Å². The number of benzene rings is 3. The van der Waals surface area contributed by atoms with Crippen LogP contribution in [0.2, 0.25) is 15.1 Å². The van der Waals surface area contributed by atoms with Gasteiger partial charge in [-0.2, -0.15) is 5.10 Å². The van der Waals surface area contributed by atoms with Crippen LogP contribution in [0.4, 0.5) is 5.69 Å². The smallest absolute Gasteiger partial charge is 0.161 e. The molecule has 0 radical (unpaired) electrons. The molecule has 0 saturated heterocycles. The number of anilines is 1. The molecule has 28 heavy (non-hydrogen) atoms. The van der Waals surface area contributed by atoms with Crippen LogP contribution in [-0.2, 0) is 6.61 Å². The van der Waals surface area contributed by atoms with Crippen LogP contribution in [0.5, 0.6) is 11.5 Å². The highest BCUT2D eigenvalue weighted by Crippen LogP contribution is 2.32. The number of para-hydroxylation sites is 1. The first-order chi connectivity index (χ1) is 13.6. The first-order valence-corrected chi connectivity index (χ1v) is 9.48. The molecule has 0 aliphatic carbocycles. The van der Waals surface area contributed by atoms with Gasteiger partial charge in [-0.1, -0.05) is 53.0 Å². The topological polar surface area (TPSA) is 42.8 Å². The summed E-state index contributed by atoms with van der Waals surface area (Å²) in [6.07, 6.45) is 1.70. The fourth-order valence-electron chi connectivity index (χ4n) is 2.44. The molecule has 0 unspecified atom stereocenters. The Morgan fingerprint density at radius 1 is 0.929 bits per heavy atom. The van der Waals surface area contributed by atoms with Gasteiger partial charge in [-0.3, -0.25) is 5.43 Å². The molecule has 0 fully saturated rings. The van der Waals surface area contributed by atoms with Crippen LogP contribution in [0.15, 0.2) is 65.8 Å². The largest absolute Gasteiger partial charge is 0.493 e. The summed E-state index contributed by atoms with van der Waals surface area (Å²) in [5, 5.41) is 5.60. The number of halogens is 3. The van der Waals surface area contributed by atoms with Gasteiger partial charge in [0.25, 0.3) is 0 Å². The fourth-order valence-corrected chi connectivity index (χ4v) is 3.36. The lowest BCUT2D eigenvalue weighted by molar-refractivity contribution is 0.284. The molecule has 7 heteroatoms. The van der Waals surface area contributed by atoms with E-state index < -0.39 is 0 Å². The molecule has 144 valence electrons. The van der Waals surface area contributed by atoms with Crippen molar-refractivity contribution in [2.75, 3.05) is 12.5 Å². The molecular formula is C21H17Cl3N2O2. The summed E-state index contributed by atoms with van der Waals surface area (Å²) in [6, 6.07) is 18.5. The Morgan fingerprint density at radius 3 is 2.32 bits per heavy atom. The molecule has 3 aromatic rings. The quantitative estimate of drug-likeness (QED) is 0.332. The molecule has 0 aromatic heterocycles. The first kappa shape index (κ1) is 20.3. The van der Waals surface area contributed by atoms with Gasteiger partial charge in [-0.25, -0.2) is 0 Å². The van der Waals surface area contributed by atoms with Crippen molar-refractivity contribution in [3.05, 3.63) is 86.9 Å². The number of hydrogen-bond donors (Lipinski definition) is 1. The highest BCUT2D eigenvalue weighted by atomic mass is 35.5. The lowest BCUT2D eigenvalue weighted by atomic mass is 10.2. The van der Waals surface area contributed by atoms with Crippen LogP contribution in [0.25, 0.3) is 0 Å². The third-order valence-corrected chi connectivity index (χ3v) is 4.74. The van der Waals surface area contributed by atoms with E-state index in [0.29, 0.717) is 32.1 Å². The molecule has 3 aromatic carbocycles. The SMILES string of the molecule is COc1cc(C=NNc2ccccc2)ccc1OCc1c(Cl)cc(Cl)cc1Cl. The number of hydrogen-bond acceptors (Lipinski definition) is 4. The summed E-state index contributed by atoms with van der Waals surface area (Å²) in [5.41, 5.74) is 5.39. The molecule has 3 rings (SSSR count). The average Bonchev–Trinajstić information content (AvgIpc) is 2.68. The van der Waals surface area contributed by atoms with Crippen molar-refractivity contribution in [3.8, 4) is 11.5 Å². The van der Waals surface area contributed by atoms with Crippen molar-refractivity contribution in [1.29, 1.82) is 0 Å². The molecule has 0 aliphatic heterocycles. The molecule has 0 aliphatic rings. The van der Waals surface area contributed by atoms with E-state index in [1.165, 1.54) is 0 Å². The zero-order chi connectivity index (χ0) is 19.9. The summed E-state index contributed by atoms with van der Waals surface area (Å²) in [5.74, 6) is 1.14. The van der Waals surface area contributed by atoms with Crippen molar-refractivity contribution in [3.63, 3.8) is 0 Å². The van der Waals surface area contributed by atoms with Gasteiger partial charge in [0.2, 0.25) is 0 Å². The zero-order valence-electron chi connectivity index (χ0n) is 15.0. The monoisotopic (exact) mass is 434 g/mol.